The Morgan fingerprint density at radius 3 is 2.19 bits per heavy atom. The van der Waals surface area contributed by atoms with Crippen molar-refractivity contribution in [1.29, 1.82) is 0 Å². The lowest BCUT2D eigenvalue weighted by atomic mass is 10.1. The molecule has 2 amide bonds. The molecule has 216 valence electrons. The van der Waals surface area contributed by atoms with Gasteiger partial charge in [-0.05, 0) is 78.7 Å². The number of esters is 1. The number of carbonyl (C=O) groups is 3. The molecule has 0 heterocycles. The minimum absolute atomic E-state index is 0.116. The van der Waals surface area contributed by atoms with Crippen LogP contribution < -0.4 is 20.2 Å². The van der Waals surface area contributed by atoms with Crippen molar-refractivity contribution in [3.63, 3.8) is 0 Å². The van der Waals surface area contributed by atoms with Crippen molar-refractivity contribution in [2.24, 2.45) is 5.10 Å². The van der Waals surface area contributed by atoms with E-state index >= 15 is 0 Å². The SMILES string of the molecule is CCOc1cc(/C=N\NC(=O)c2ccc(NC(=O)c3ccc([N+](=O)[O-])cc3)cc2)ccc1OC(=O)/C=C/c1ccccc1. The third kappa shape index (κ3) is 8.69. The maximum Gasteiger partial charge on any atom is 0.336 e. The van der Waals surface area contributed by atoms with Gasteiger partial charge in [-0.25, -0.2) is 10.2 Å². The number of hydrogen-bond donors (Lipinski definition) is 2. The maximum absolute atomic E-state index is 12.5. The number of nitro benzene ring substituents is 1. The minimum atomic E-state index is -0.560. The van der Waals surface area contributed by atoms with Gasteiger partial charge in [0.05, 0.1) is 17.7 Å². The zero-order chi connectivity index (χ0) is 30.6. The molecule has 0 aliphatic heterocycles. The van der Waals surface area contributed by atoms with E-state index in [0.29, 0.717) is 29.2 Å². The van der Waals surface area contributed by atoms with Crippen LogP contribution in [0.4, 0.5) is 11.4 Å². The predicted octanol–water partition coefficient (Wildman–Crippen LogP) is 5.63. The van der Waals surface area contributed by atoms with E-state index in [1.165, 1.54) is 48.7 Å². The molecule has 4 aromatic rings. The summed E-state index contributed by atoms with van der Waals surface area (Å²) in [4.78, 5) is 47.5. The molecule has 43 heavy (non-hydrogen) atoms. The molecule has 4 aromatic carbocycles. The van der Waals surface area contributed by atoms with E-state index in [9.17, 15) is 24.5 Å². The highest BCUT2D eigenvalue weighted by molar-refractivity contribution is 6.04. The number of hydrogen-bond acceptors (Lipinski definition) is 8. The van der Waals surface area contributed by atoms with Crippen molar-refractivity contribution in [3.05, 3.63) is 136 Å². The van der Waals surface area contributed by atoms with Crippen LogP contribution in [-0.2, 0) is 4.79 Å². The van der Waals surface area contributed by atoms with Crippen LogP contribution in [-0.4, -0.2) is 35.5 Å². The number of amides is 2. The van der Waals surface area contributed by atoms with E-state index in [2.05, 4.69) is 15.8 Å². The molecule has 0 aromatic heterocycles. The van der Waals surface area contributed by atoms with Crippen LogP contribution in [0.2, 0.25) is 0 Å². The first-order valence-corrected chi connectivity index (χ1v) is 13.0. The molecular formula is C32H26N4O7. The minimum Gasteiger partial charge on any atom is -0.490 e. The number of carbonyl (C=O) groups excluding carboxylic acids is 3. The van der Waals surface area contributed by atoms with Crippen LogP contribution >= 0.6 is 0 Å². The van der Waals surface area contributed by atoms with Crippen LogP contribution in [0.25, 0.3) is 6.08 Å². The van der Waals surface area contributed by atoms with Gasteiger partial charge in [-0.1, -0.05) is 30.3 Å². The third-order valence-corrected chi connectivity index (χ3v) is 5.81. The number of anilines is 1. The lowest BCUT2D eigenvalue weighted by Gasteiger charge is -2.10. The molecule has 0 saturated heterocycles. The van der Waals surface area contributed by atoms with Gasteiger partial charge < -0.3 is 14.8 Å². The van der Waals surface area contributed by atoms with E-state index in [1.807, 2.05) is 30.3 Å². The molecule has 11 nitrogen and oxygen atoms in total. The van der Waals surface area contributed by atoms with Gasteiger partial charge in [0.1, 0.15) is 0 Å². The van der Waals surface area contributed by atoms with Gasteiger partial charge in [0, 0.05) is 35.0 Å². The van der Waals surface area contributed by atoms with Crippen molar-refractivity contribution < 1.29 is 28.8 Å². The normalized spacial score (nSPS) is 10.8. The number of benzene rings is 4. The monoisotopic (exact) mass is 578 g/mol. The number of nitrogens with one attached hydrogen (secondary N) is 2. The highest BCUT2D eigenvalue weighted by Crippen LogP contribution is 2.28. The molecule has 0 spiro atoms. The number of nitrogens with zero attached hydrogens (tertiary/aromatic N) is 2. The third-order valence-electron chi connectivity index (χ3n) is 5.81. The van der Waals surface area contributed by atoms with Crippen LogP contribution in [0, 0.1) is 10.1 Å². The van der Waals surface area contributed by atoms with E-state index in [4.69, 9.17) is 9.47 Å². The molecule has 0 bridgehead atoms. The Morgan fingerprint density at radius 1 is 0.837 bits per heavy atom. The van der Waals surface area contributed by atoms with E-state index in [-0.39, 0.29) is 17.0 Å². The van der Waals surface area contributed by atoms with Gasteiger partial charge in [-0.2, -0.15) is 5.10 Å². The number of ether oxygens (including phenoxy) is 2. The molecule has 0 unspecified atom stereocenters. The molecular weight excluding hydrogens is 552 g/mol. The number of rotatable bonds is 11. The van der Waals surface area contributed by atoms with Crippen LogP contribution in [0.5, 0.6) is 11.5 Å². The summed E-state index contributed by atoms with van der Waals surface area (Å²) in [5.74, 6) is -0.912. The first kappa shape index (κ1) is 29.9. The number of nitro groups is 1. The van der Waals surface area contributed by atoms with Crippen molar-refractivity contribution in [2.75, 3.05) is 11.9 Å². The highest BCUT2D eigenvalue weighted by atomic mass is 16.6. The Hall–Kier alpha value is -6.10. The molecule has 2 N–H and O–H groups in total. The Bertz CT molecular complexity index is 1670. The summed E-state index contributed by atoms with van der Waals surface area (Å²) in [5.41, 5.74) is 4.75. The lowest BCUT2D eigenvalue weighted by molar-refractivity contribution is -0.384. The van der Waals surface area contributed by atoms with Crippen molar-refractivity contribution >= 4 is 41.4 Å². The van der Waals surface area contributed by atoms with E-state index < -0.39 is 22.7 Å². The topological polar surface area (TPSA) is 149 Å². The summed E-state index contributed by atoms with van der Waals surface area (Å²) >= 11 is 0. The molecule has 0 saturated carbocycles. The summed E-state index contributed by atoms with van der Waals surface area (Å²) in [6, 6.07) is 25.5. The van der Waals surface area contributed by atoms with Crippen LogP contribution in [0.1, 0.15) is 38.8 Å². The quantitative estimate of drug-likeness (QED) is 0.0585. The molecule has 0 aliphatic rings. The van der Waals surface area contributed by atoms with Gasteiger partial charge in [-0.15, -0.1) is 0 Å². The summed E-state index contributed by atoms with van der Waals surface area (Å²) < 4.78 is 11.0. The molecule has 11 heteroatoms. The van der Waals surface area contributed by atoms with Crippen LogP contribution in [0.15, 0.2) is 108 Å². The largest absolute Gasteiger partial charge is 0.490 e. The Morgan fingerprint density at radius 2 is 1.51 bits per heavy atom. The number of non-ortho nitro benzene ring substituents is 1. The Kier molecular flexibility index (Phi) is 10.1. The van der Waals surface area contributed by atoms with Crippen molar-refractivity contribution in [2.45, 2.75) is 6.92 Å². The fourth-order valence-electron chi connectivity index (χ4n) is 3.70. The summed E-state index contributed by atoms with van der Waals surface area (Å²) in [6.07, 6.45) is 4.40. The van der Waals surface area contributed by atoms with Gasteiger partial charge in [-0.3, -0.25) is 19.7 Å². The second kappa shape index (κ2) is 14.5. The fourth-order valence-corrected chi connectivity index (χ4v) is 3.70. The fraction of sp³-hybridized carbons (Fsp3) is 0.0625. The van der Waals surface area contributed by atoms with Gasteiger partial charge in [0.15, 0.2) is 11.5 Å². The molecule has 0 aliphatic carbocycles. The maximum atomic E-state index is 12.5. The summed E-state index contributed by atoms with van der Waals surface area (Å²) in [5, 5.41) is 17.4. The molecule has 0 atom stereocenters. The standard InChI is InChI=1S/C32H26N4O7/c1-2-42-29-20-23(8-18-28(29)43-30(37)19-9-22-6-4-3-5-7-22)21-33-35-32(39)25-10-14-26(15-11-25)34-31(38)24-12-16-27(17-13-24)36(40)41/h3-21H,2H2,1H3,(H,34,38)(H,35,39)/b19-9+,33-21-. The van der Waals surface area contributed by atoms with E-state index in [0.717, 1.165) is 5.56 Å². The van der Waals surface area contributed by atoms with Gasteiger partial charge >= 0.3 is 5.97 Å². The first-order valence-electron chi connectivity index (χ1n) is 13.0. The highest BCUT2D eigenvalue weighted by Gasteiger charge is 2.12. The Balaban J connectivity index is 1.32. The Labute approximate surface area is 246 Å². The first-order chi connectivity index (χ1) is 20.8. The van der Waals surface area contributed by atoms with Crippen molar-refractivity contribution in [3.8, 4) is 11.5 Å². The smallest absolute Gasteiger partial charge is 0.336 e. The van der Waals surface area contributed by atoms with Crippen molar-refractivity contribution in [1.82, 2.24) is 5.43 Å². The molecule has 4 rings (SSSR count). The lowest BCUT2D eigenvalue weighted by Crippen LogP contribution is -2.18. The second-order valence-corrected chi connectivity index (χ2v) is 8.84. The van der Waals surface area contributed by atoms with Gasteiger partial charge in [0.25, 0.3) is 17.5 Å². The molecule has 0 radical (unpaired) electrons. The second-order valence-electron chi connectivity index (χ2n) is 8.84. The summed E-state index contributed by atoms with van der Waals surface area (Å²) in [7, 11) is 0. The van der Waals surface area contributed by atoms with Crippen LogP contribution in [0.3, 0.4) is 0 Å². The zero-order valence-corrected chi connectivity index (χ0v) is 22.9. The predicted molar refractivity (Wildman–Crippen MR) is 161 cm³/mol. The average molecular weight is 579 g/mol. The summed E-state index contributed by atoms with van der Waals surface area (Å²) in [6.45, 7) is 2.14. The van der Waals surface area contributed by atoms with Gasteiger partial charge in [0.2, 0.25) is 0 Å². The number of hydrazone groups is 1. The zero-order valence-electron chi connectivity index (χ0n) is 22.9. The molecule has 0 fully saturated rings. The average Bonchev–Trinajstić information content (AvgIpc) is 3.02. The van der Waals surface area contributed by atoms with E-state index in [1.54, 1.807) is 43.3 Å².